The highest BCUT2D eigenvalue weighted by Gasteiger charge is 2.41. The number of amides is 2. The van der Waals surface area contributed by atoms with Crippen molar-refractivity contribution in [3.8, 4) is 5.75 Å². The summed E-state index contributed by atoms with van der Waals surface area (Å²) in [5, 5.41) is 3.05. The number of likely N-dealkylation sites (tertiary alicyclic amines) is 1. The number of furan rings is 1. The van der Waals surface area contributed by atoms with Gasteiger partial charge in [-0.25, -0.2) is 0 Å². The second-order valence-corrected chi connectivity index (χ2v) is 7.65. The summed E-state index contributed by atoms with van der Waals surface area (Å²) < 4.78 is 10.5. The largest absolute Gasteiger partial charge is 0.497 e. The van der Waals surface area contributed by atoms with Crippen LogP contribution in [0.3, 0.4) is 0 Å². The molecule has 6 nitrogen and oxygen atoms in total. The molecule has 2 atom stereocenters. The minimum absolute atomic E-state index is 0.00351. The summed E-state index contributed by atoms with van der Waals surface area (Å²) in [5.74, 6) is 1.05. The Balaban J connectivity index is 1.78. The minimum Gasteiger partial charge on any atom is -0.497 e. The maximum Gasteiger partial charge on any atom is 0.289 e. The van der Waals surface area contributed by atoms with Crippen molar-refractivity contribution in [3.63, 3.8) is 0 Å². The number of carbonyl (C=O) groups excluding carboxylic acids is 2. The Bertz CT molecular complexity index is 783. The van der Waals surface area contributed by atoms with Crippen molar-refractivity contribution >= 4 is 11.8 Å². The summed E-state index contributed by atoms with van der Waals surface area (Å²) in [7, 11) is 1.62. The third-order valence-electron chi connectivity index (χ3n) is 5.24. The van der Waals surface area contributed by atoms with E-state index in [1.165, 1.54) is 6.26 Å². The highest BCUT2D eigenvalue weighted by atomic mass is 16.5. The van der Waals surface area contributed by atoms with E-state index in [1.807, 2.05) is 24.3 Å². The van der Waals surface area contributed by atoms with Gasteiger partial charge in [-0.1, -0.05) is 26.0 Å². The van der Waals surface area contributed by atoms with Gasteiger partial charge in [0.15, 0.2) is 5.76 Å². The van der Waals surface area contributed by atoms with Crippen LogP contribution in [0.1, 0.15) is 42.3 Å². The first-order chi connectivity index (χ1) is 13.5. The van der Waals surface area contributed by atoms with E-state index in [9.17, 15) is 9.59 Å². The molecule has 28 heavy (non-hydrogen) atoms. The van der Waals surface area contributed by atoms with Crippen molar-refractivity contribution in [1.82, 2.24) is 10.2 Å². The van der Waals surface area contributed by atoms with Crippen LogP contribution in [0.25, 0.3) is 0 Å². The molecule has 1 fully saturated rings. The van der Waals surface area contributed by atoms with Gasteiger partial charge in [0.1, 0.15) is 5.75 Å². The van der Waals surface area contributed by atoms with E-state index in [4.69, 9.17) is 9.15 Å². The summed E-state index contributed by atoms with van der Waals surface area (Å²) in [6.45, 7) is 5.77. The molecule has 1 aliphatic rings. The van der Waals surface area contributed by atoms with Gasteiger partial charge in [0.05, 0.1) is 19.3 Å². The average Bonchev–Trinajstić information content (AvgIpc) is 3.37. The zero-order chi connectivity index (χ0) is 20.1. The van der Waals surface area contributed by atoms with Gasteiger partial charge in [0.2, 0.25) is 5.91 Å². The molecule has 1 aromatic carbocycles. The summed E-state index contributed by atoms with van der Waals surface area (Å²) in [5.41, 5.74) is 1.03. The standard InChI is InChI=1S/C22H28N2O4/c1-15(2)10-11-23-21(25)19-14-24(22(26)20-5-4-12-28-20)13-18(19)16-6-8-17(27-3)9-7-16/h4-9,12,15,18-19H,10-11,13-14H2,1-3H3,(H,23,25)/t18-,19+/m0/s1. The van der Waals surface area contributed by atoms with Crippen LogP contribution in [0.2, 0.25) is 0 Å². The molecule has 0 radical (unpaired) electrons. The third-order valence-corrected chi connectivity index (χ3v) is 5.24. The highest BCUT2D eigenvalue weighted by molar-refractivity contribution is 5.92. The molecular weight excluding hydrogens is 356 g/mol. The molecule has 1 N–H and O–H groups in total. The molecule has 0 spiro atoms. The number of ether oxygens (including phenoxy) is 1. The van der Waals surface area contributed by atoms with Crippen LogP contribution in [0.4, 0.5) is 0 Å². The molecule has 1 aliphatic heterocycles. The quantitative estimate of drug-likeness (QED) is 0.795. The number of nitrogens with one attached hydrogen (secondary N) is 1. The molecule has 6 heteroatoms. The fourth-order valence-electron chi connectivity index (χ4n) is 3.60. The van der Waals surface area contributed by atoms with E-state index in [-0.39, 0.29) is 23.7 Å². The van der Waals surface area contributed by atoms with Crippen molar-refractivity contribution in [3.05, 3.63) is 54.0 Å². The number of rotatable bonds is 7. The minimum atomic E-state index is -0.292. The molecule has 1 aromatic heterocycles. The number of benzene rings is 1. The van der Waals surface area contributed by atoms with E-state index >= 15 is 0 Å². The van der Waals surface area contributed by atoms with Gasteiger partial charge in [0.25, 0.3) is 5.91 Å². The highest BCUT2D eigenvalue weighted by Crippen LogP contribution is 2.34. The molecule has 0 unspecified atom stereocenters. The third kappa shape index (κ3) is 4.55. The van der Waals surface area contributed by atoms with Gasteiger partial charge in [0, 0.05) is 25.6 Å². The van der Waals surface area contributed by atoms with Crippen LogP contribution in [0.15, 0.2) is 47.1 Å². The lowest BCUT2D eigenvalue weighted by Gasteiger charge is -2.18. The zero-order valence-corrected chi connectivity index (χ0v) is 16.7. The number of hydrogen-bond donors (Lipinski definition) is 1. The molecular formula is C22H28N2O4. The molecule has 3 rings (SSSR count). The zero-order valence-electron chi connectivity index (χ0n) is 16.7. The molecule has 0 bridgehead atoms. The maximum atomic E-state index is 12.9. The van der Waals surface area contributed by atoms with Gasteiger partial charge in [-0.3, -0.25) is 9.59 Å². The predicted octanol–water partition coefficient (Wildman–Crippen LogP) is 3.31. The molecule has 0 aliphatic carbocycles. The number of hydrogen-bond acceptors (Lipinski definition) is 4. The van der Waals surface area contributed by atoms with Gasteiger partial charge < -0.3 is 19.4 Å². The van der Waals surface area contributed by atoms with Gasteiger partial charge in [-0.15, -0.1) is 0 Å². The van der Waals surface area contributed by atoms with E-state index in [0.29, 0.717) is 31.3 Å². The molecule has 1 saturated heterocycles. The van der Waals surface area contributed by atoms with Crippen LogP contribution in [0, 0.1) is 11.8 Å². The summed E-state index contributed by atoms with van der Waals surface area (Å²) in [6.07, 6.45) is 2.42. The Hall–Kier alpha value is -2.76. The van der Waals surface area contributed by atoms with Gasteiger partial charge in [-0.2, -0.15) is 0 Å². The van der Waals surface area contributed by atoms with Crippen molar-refractivity contribution in [1.29, 1.82) is 0 Å². The lowest BCUT2D eigenvalue weighted by molar-refractivity contribution is -0.124. The molecule has 2 amide bonds. The number of methoxy groups -OCH3 is 1. The van der Waals surface area contributed by atoms with Crippen LogP contribution in [0.5, 0.6) is 5.75 Å². The van der Waals surface area contributed by atoms with Crippen LogP contribution < -0.4 is 10.1 Å². The fraction of sp³-hybridized carbons (Fsp3) is 0.455. The summed E-state index contributed by atoms with van der Waals surface area (Å²) in [6, 6.07) is 11.1. The smallest absolute Gasteiger partial charge is 0.289 e. The van der Waals surface area contributed by atoms with Gasteiger partial charge in [-0.05, 0) is 42.2 Å². The first-order valence-electron chi connectivity index (χ1n) is 9.74. The predicted molar refractivity (Wildman–Crippen MR) is 106 cm³/mol. The first kappa shape index (κ1) is 20.0. The van der Waals surface area contributed by atoms with Crippen molar-refractivity contribution in [2.24, 2.45) is 11.8 Å². The monoisotopic (exact) mass is 384 g/mol. The Morgan fingerprint density at radius 2 is 1.96 bits per heavy atom. The Morgan fingerprint density at radius 3 is 2.57 bits per heavy atom. The number of nitrogens with zero attached hydrogens (tertiary/aromatic N) is 1. The second kappa shape index (κ2) is 8.95. The van der Waals surface area contributed by atoms with E-state index in [0.717, 1.165) is 17.7 Å². The fourth-order valence-corrected chi connectivity index (χ4v) is 3.60. The number of carbonyl (C=O) groups is 2. The van der Waals surface area contributed by atoms with Crippen molar-refractivity contribution < 1.29 is 18.7 Å². The topological polar surface area (TPSA) is 71.8 Å². The Morgan fingerprint density at radius 1 is 1.21 bits per heavy atom. The summed E-state index contributed by atoms with van der Waals surface area (Å²) >= 11 is 0. The van der Waals surface area contributed by atoms with Gasteiger partial charge >= 0.3 is 0 Å². The van der Waals surface area contributed by atoms with E-state index in [2.05, 4.69) is 19.2 Å². The van der Waals surface area contributed by atoms with Crippen molar-refractivity contribution in [2.45, 2.75) is 26.2 Å². The SMILES string of the molecule is COc1ccc([C@@H]2CN(C(=O)c3ccco3)C[C@H]2C(=O)NCCC(C)C)cc1. The lowest BCUT2D eigenvalue weighted by atomic mass is 9.88. The summed E-state index contributed by atoms with van der Waals surface area (Å²) in [4.78, 5) is 27.3. The molecule has 150 valence electrons. The Kier molecular flexibility index (Phi) is 6.39. The lowest BCUT2D eigenvalue weighted by Crippen LogP contribution is -2.36. The molecule has 0 saturated carbocycles. The normalized spacial score (nSPS) is 19.1. The van der Waals surface area contributed by atoms with Crippen molar-refractivity contribution in [2.75, 3.05) is 26.7 Å². The van der Waals surface area contributed by atoms with Crippen LogP contribution >= 0.6 is 0 Å². The first-order valence-corrected chi connectivity index (χ1v) is 9.74. The maximum absolute atomic E-state index is 12.9. The molecule has 2 heterocycles. The Labute approximate surface area is 165 Å². The molecule has 2 aromatic rings. The van der Waals surface area contributed by atoms with E-state index in [1.54, 1.807) is 24.1 Å². The second-order valence-electron chi connectivity index (χ2n) is 7.65. The average molecular weight is 384 g/mol. The van der Waals surface area contributed by atoms with Crippen LogP contribution in [-0.2, 0) is 4.79 Å². The van der Waals surface area contributed by atoms with E-state index < -0.39 is 0 Å². The van der Waals surface area contributed by atoms with Crippen LogP contribution in [-0.4, -0.2) is 43.5 Å².